The van der Waals surface area contributed by atoms with Crippen LogP contribution < -0.4 is 5.69 Å². The first-order valence-electron chi connectivity index (χ1n) is 10.1. The number of nitrogens with one attached hydrogen (secondary N) is 2. The van der Waals surface area contributed by atoms with Crippen LogP contribution in [-0.4, -0.2) is 67.2 Å². The van der Waals surface area contributed by atoms with E-state index < -0.39 is 12.2 Å². The molecule has 3 aromatic heterocycles. The Morgan fingerprint density at radius 2 is 2.23 bits per heavy atom. The van der Waals surface area contributed by atoms with Gasteiger partial charge < -0.3 is 19.8 Å². The van der Waals surface area contributed by atoms with Crippen LogP contribution in [0.1, 0.15) is 25.8 Å². The van der Waals surface area contributed by atoms with Crippen molar-refractivity contribution in [3.8, 4) is 6.07 Å². The Hall–Kier alpha value is -3.35. The van der Waals surface area contributed by atoms with Crippen molar-refractivity contribution in [2.45, 2.75) is 38.0 Å². The maximum Gasteiger partial charge on any atom is 0.326 e. The van der Waals surface area contributed by atoms with E-state index in [0.29, 0.717) is 30.7 Å². The molecule has 0 aliphatic carbocycles. The van der Waals surface area contributed by atoms with Crippen LogP contribution >= 0.6 is 0 Å². The van der Waals surface area contributed by atoms with Gasteiger partial charge >= 0.3 is 11.7 Å². The minimum atomic E-state index is -1.18. The number of aromatic nitrogens is 4. The lowest BCUT2D eigenvalue weighted by Gasteiger charge is -2.39. The van der Waals surface area contributed by atoms with Gasteiger partial charge in [0, 0.05) is 31.1 Å². The number of nitriles is 1. The zero-order valence-corrected chi connectivity index (χ0v) is 16.5. The zero-order chi connectivity index (χ0) is 21.0. The third-order valence-corrected chi connectivity index (χ3v) is 6.43. The molecule has 156 valence electrons. The molecule has 3 aromatic rings. The third kappa shape index (κ3) is 2.76. The van der Waals surface area contributed by atoms with Crippen LogP contribution in [0.4, 0.5) is 9.18 Å². The Kier molecular flexibility index (Phi) is 4.27. The van der Waals surface area contributed by atoms with Crippen molar-refractivity contribution in [3.05, 3.63) is 28.9 Å². The molecule has 0 bridgehead atoms. The van der Waals surface area contributed by atoms with E-state index in [-0.39, 0.29) is 36.6 Å². The fourth-order valence-electron chi connectivity index (χ4n) is 4.80. The fourth-order valence-corrected chi connectivity index (χ4v) is 4.80. The lowest BCUT2D eigenvalue weighted by atomic mass is 9.93. The Morgan fingerprint density at radius 3 is 3.03 bits per heavy atom. The number of imidazole rings is 1. The average Bonchev–Trinajstić information content (AvgIpc) is 3.43. The number of hydrogen-bond acceptors (Lipinski definition) is 4. The lowest BCUT2D eigenvalue weighted by molar-refractivity contribution is 0.111. The summed E-state index contributed by atoms with van der Waals surface area (Å²) in [6, 6.07) is 2.59. The summed E-state index contributed by atoms with van der Waals surface area (Å²) in [7, 11) is 0. The number of nitrogens with zero attached hydrogens (tertiary/aromatic N) is 5. The van der Waals surface area contributed by atoms with Crippen LogP contribution in [0.25, 0.3) is 22.1 Å². The first-order chi connectivity index (χ1) is 14.5. The van der Waals surface area contributed by atoms with Crippen molar-refractivity contribution < 1.29 is 9.18 Å². The smallest absolute Gasteiger partial charge is 0.326 e. The summed E-state index contributed by atoms with van der Waals surface area (Å²) < 4.78 is 15.5. The lowest BCUT2D eigenvalue weighted by Crippen LogP contribution is -2.51. The minimum absolute atomic E-state index is 0.0519. The first-order valence-corrected chi connectivity index (χ1v) is 10.1. The number of rotatable bonds is 1. The summed E-state index contributed by atoms with van der Waals surface area (Å²) in [6.45, 7) is 2.85. The maximum atomic E-state index is 13.8. The SMILES string of the molecule is C[C@@H]1CCN(C(=O)N2C[C@@H](F)C[C@H]2C#N)C[C@@H]1n1c(=O)[nH]c2cnc3[nH]ccc3c21. The number of fused-ring (bicyclic) bond motifs is 3. The second-order valence-corrected chi connectivity index (χ2v) is 8.25. The number of amides is 2. The Bertz CT molecular complexity index is 1220. The van der Waals surface area contributed by atoms with Gasteiger partial charge in [-0.3, -0.25) is 4.57 Å². The van der Waals surface area contributed by atoms with Gasteiger partial charge in [0.2, 0.25) is 0 Å². The predicted molar refractivity (Wildman–Crippen MR) is 108 cm³/mol. The second kappa shape index (κ2) is 6.86. The Morgan fingerprint density at radius 1 is 1.40 bits per heavy atom. The van der Waals surface area contributed by atoms with Gasteiger partial charge in [-0.15, -0.1) is 0 Å². The molecule has 5 rings (SSSR count). The van der Waals surface area contributed by atoms with Gasteiger partial charge in [0.05, 0.1) is 35.9 Å². The van der Waals surface area contributed by atoms with Crippen LogP contribution in [-0.2, 0) is 0 Å². The molecule has 2 fully saturated rings. The zero-order valence-electron chi connectivity index (χ0n) is 16.5. The Balaban J connectivity index is 1.52. The van der Waals surface area contributed by atoms with Gasteiger partial charge in [-0.2, -0.15) is 5.26 Å². The Labute approximate surface area is 171 Å². The van der Waals surface area contributed by atoms with Gasteiger partial charge in [-0.05, 0) is 18.4 Å². The highest BCUT2D eigenvalue weighted by molar-refractivity contribution is 6.01. The molecular weight excluding hydrogens is 389 g/mol. The van der Waals surface area contributed by atoms with E-state index in [1.54, 1.807) is 21.9 Å². The standard InChI is InChI=1S/C20H22FN7O2/c1-11-3-5-26(20(30)27-9-12(21)6-13(27)7-22)10-16(11)28-17-14-2-4-23-18(14)24-8-15(17)25-19(28)29/h2,4,8,11-13,16H,3,5-6,9-10H2,1H3,(H,23,24)(H,25,29)/t11-,12+,13+,16+/m1/s1. The highest BCUT2D eigenvalue weighted by Crippen LogP contribution is 2.32. The van der Waals surface area contributed by atoms with Gasteiger partial charge in [0.15, 0.2) is 0 Å². The van der Waals surface area contributed by atoms with Crippen LogP contribution in [0.5, 0.6) is 0 Å². The van der Waals surface area contributed by atoms with E-state index in [2.05, 4.69) is 21.9 Å². The fraction of sp³-hybridized carbons (Fsp3) is 0.500. The van der Waals surface area contributed by atoms with Crippen molar-refractivity contribution in [2.24, 2.45) is 5.92 Å². The number of aromatic amines is 2. The highest BCUT2D eigenvalue weighted by Gasteiger charge is 2.40. The molecule has 2 N–H and O–H groups in total. The molecule has 0 saturated carbocycles. The summed E-state index contributed by atoms with van der Waals surface area (Å²) in [6.07, 6.45) is 2.99. The number of urea groups is 1. The van der Waals surface area contributed by atoms with Gasteiger partial charge in [-0.1, -0.05) is 6.92 Å². The van der Waals surface area contributed by atoms with E-state index in [0.717, 1.165) is 10.9 Å². The van der Waals surface area contributed by atoms with Gasteiger partial charge in [0.1, 0.15) is 17.9 Å². The second-order valence-electron chi connectivity index (χ2n) is 8.25. The van der Waals surface area contributed by atoms with Crippen molar-refractivity contribution in [3.63, 3.8) is 0 Å². The number of hydrogen-bond donors (Lipinski definition) is 2. The van der Waals surface area contributed by atoms with E-state index in [1.165, 1.54) is 4.90 Å². The molecule has 2 amide bonds. The third-order valence-electron chi connectivity index (χ3n) is 6.43. The predicted octanol–water partition coefficient (Wildman–Crippen LogP) is 2.14. The molecule has 2 aliphatic rings. The molecule has 0 unspecified atom stereocenters. The van der Waals surface area contributed by atoms with Gasteiger partial charge in [-0.25, -0.2) is 19.0 Å². The molecule has 0 spiro atoms. The number of alkyl halides is 1. The number of piperidine rings is 1. The summed E-state index contributed by atoms with van der Waals surface area (Å²) >= 11 is 0. The van der Waals surface area contributed by atoms with Gasteiger partial charge in [0.25, 0.3) is 0 Å². The maximum absolute atomic E-state index is 13.8. The largest absolute Gasteiger partial charge is 0.346 e. The number of carbonyl (C=O) groups is 1. The molecule has 30 heavy (non-hydrogen) atoms. The van der Waals surface area contributed by atoms with Crippen molar-refractivity contribution in [2.75, 3.05) is 19.6 Å². The number of likely N-dealkylation sites (tertiary alicyclic amines) is 2. The molecular formula is C20H22FN7O2. The van der Waals surface area contributed by atoms with Crippen molar-refractivity contribution in [1.82, 2.24) is 29.3 Å². The topological polar surface area (TPSA) is 114 Å². The normalized spacial score (nSPS) is 27.1. The number of halogens is 1. The minimum Gasteiger partial charge on any atom is -0.346 e. The molecule has 0 aromatic carbocycles. The van der Waals surface area contributed by atoms with Crippen LogP contribution in [0.15, 0.2) is 23.3 Å². The van der Waals surface area contributed by atoms with E-state index in [9.17, 15) is 19.2 Å². The van der Waals surface area contributed by atoms with E-state index in [1.807, 2.05) is 12.1 Å². The quantitative estimate of drug-likeness (QED) is 0.639. The number of H-pyrrole nitrogens is 2. The van der Waals surface area contributed by atoms with Crippen LogP contribution in [0.3, 0.4) is 0 Å². The molecule has 2 saturated heterocycles. The number of carbonyl (C=O) groups excluding carboxylic acids is 1. The van der Waals surface area contributed by atoms with Crippen LogP contribution in [0, 0.1) is 17.2 Å². The van der Waals surface area contributed by atoms with Crippen LogP contribution in [0.2, 0.25) is 0 Å². The summed E-state index contributed by atoms with van der Waals surface area (Å²) in [5.74, 6) is 0.159. The van der Waals surface area contributed by atoms with E-state index in [4.69, 9.17) is 0 Å². The first kappa shape index (κ1) is 18.7. The molecule has 10 heteroatoms. The highest BCUT2D eigenvalue weighted by atomic mass is 19.1. The van der Waals surface area contributed by atoms with E-state index >= 15 is 0 Å². The summed E-state index contributed by atoms with van der Waals surface area (Å²) in [5, 5.41) is 10.1. The molecule has 5 heterocycles. The molecule has 2 aliphatic heterocycles. The molecule has 0 radical (unpaired) electrons. The average molecular weight is 411 g/mol. The molecule has 4 atom stereocenters. The van der Waals surface area contributed by atoms with Crippen molar-refractivity contribution in [1.29, 1.82) is 5.26 Å². The summed E-state index contributed by atoms with van der Waals surface area (Å²) in [4.78, 5) is 39.2. The number of pyridine rings is 1. The monoisotopic (exact) mass is 411 g/mol. The summed E-state index contributed by atoms with van der Waals surface area (Å²) in [5.41, 5.74) is 1.85. The van der Waals surface area contributed by atoms with Crippen molar-refractivity contribution >= 4 is 28.1 Å². The molecule has 9 nitrogen and oxygen atoms in total.